The maximum absolute atomic E-state index is 4.72. The summed E-state index contributed by atoms with van der Waals surface area (Å²) in [5, 5.41) is 0. The van der Waals surface area contributed by atoms with Crippen LogP contribution in [0.15, 0.2) is 36.4 Å². The Kier molecular flexibility index (Phi) is 9.45. The molecule has 150 valence electrons. The minimum absolute atomic E-state index is 0.879. The zero-order valence-corrected chi connectivity index (χ0v) is 17.7. The van der Waals surface area contributed by atoms with Crippen LogP contribution in [0.5, 0.6) is 0 Å². The highest BCUT2D eigenvalue weighted by Crippen LogP contribution is 2.04. The van der Waals surface area contributed by atoms with E-state index < -0.39 is 0 Å². The van der Waals surface area contributed by atoms with Gasteiger partial charge in [-0.3, -0.25) is 0 Å². The molecule has 2 heterocycles. The average Bonchev–Trinajstić information content (AvgIpc) is 2.67. The molecule has 0 bridgehead atoms. The van der Waals surface area contributed by atoms with Crippen molar-refractivity contribution in [3.63, 3.8) is 0 Å². The highest BCUT2D eigenvalue weighted by molar-refractivity contribution is 5.72. The van der Waals surface area contributed by atoms with Crippen molar-refractivity contribution in [2.45, 2.75) is 12.8 Å². The largest absolute Gasteiger partial charge is 0.303 e. The van der Waals surface area contributed by atoms with Crippen LogP contribution in [0.2, 0.25) is 0 Å². The first-order chi connectivity index (χ1) is 13.5. The van der Waals surface area contributed by atoms with E-state index in [2.05, 4.69) is 72.2 Å². The highest BCUT2D eigenvalue weighted by atomic mass is 15.1. The van der Waals surface area contributed by atoms with E-state index in [1.165, 1.54) is 0 Å². The van der Waals surface area contributed by atoms with Crippen molar-refractivity contribution in [1.82, 2.24) is 19.8 Å². The SMILES string of the molecule is CN(C)CC[NH+]=Cc1cccc(CCc2cccc(C=[NH+]CCN(C)C)n2)n1. The second-order valence-electron chi connectivity index (χ2n) is 7.41. The lowest BCUT2D eigenvalue weighted by molar-refractivity contribution is -0.451. The van der Waals surface area contributed by atoms with Crippen molar-refractivity contribution in [2.75, 3.05) is 54.4 Å². The Morgan fingerprint density at radius 1 is 0.714 bits per heavy atom. The predicted octanol–water partition coefficient (Wildman–Crippen LogP) is -1.62. The maximum Gasteiger partial charge on any atom is 0.187 e. The van der Waals surface area contributed by atoms with Crippen LogP contribution in [-0.4, -0.2) is 86.6 Å². The molecule has 2 aromatic rings. The first-order valence-electron chi connectivity index (χ1n) is 9.87. The molecule has 2 rings (SSSR count). The van der Waals surface area contributed by atoms with Gasteiger partial charge in [0.05, 0.1) is 13.1 Å². The fraction of sp³-hybridized carbons (Fsp3) is 0.455. The van der Waals surface area contributed by atoms with E-state index in [0.29, 0.717) is 0 Å². The molecular weight excluding hydrogens is 348 g/mol. The van der Waals surface area contributed by atoms with Crippen LogP contribution < -0.4 is 9.98 Å². The molecule has 2 N–H and O–H groups in total. The van der Waals surface area contributed by atoms with Crippen LogP contribution in [0.4, 0.5) is 0 Å². The summed E-state index contributed by atoms with van der Waals surface area (Å²) in [5.74, 6) is 0. The zero-order chi connectivity index (χ0) is 20.2. The highest BCUT2D eigenvalue weighted by Gasteiger charge is 2.03. The molecule has 0 aliphatic rings. The van der Waals surface area contributed by atoms with Gasteiger partial charge in [0, 0.05) is 11.4 Å². The van der Waals surface area contributed by atoms with E-state index >= 15 is 0 Å². The molecule has 0 spiro atoms. The molecule has 0 aliphatic carbocycles. The smallest absolute Gasteiger partial charge is 0.187 e. The van der Waals surface area contributed by atoms with E-state index in [4.69, 9.17) is 9.97 Å². The van der Waals surface area contributed by atoms with Crippen LogP contribution in [0, 0.1) is 0 Å². The third-order valence-corrected chi connectivity index (χ3v) is 4.20. The Bertz CT molecular complexity index is 702. The van der Waals surface area contributed by atoms with E-state index in [1.54, 1.807) is 0 Å². The minimum atomic E-state index is 0.879. The van der Waals surface area contributed by atoms with E-state index in [-0.39, 0.29) is 0 Å². The first-order valence-corrected chi connectivity index (χ1v) is 9.87. The molecule has 6 nitrogen and oxygen atoms in total. The Hall–Kier alpha value is -2.44. The fourth-order valence-electron chi connectivity index (χ4n) is 2.62. The number of aryl methyl sites for hydroxylation is 2. The van der Waals surface area contributed by atoms with Gasteiger partial charge in [0.25, 0.3) is 0 Å². The van der Waals surface area contributed by atoms with Crippen molar-refractivity contribution in [3.05, 3.63) is 59.2 Å². The normalized spacial score (nSPS) is 12.1. The van der Waals surface area contributed by atoms with Crippen LogP contribution in [0.3, 0.4) is 0 Å². The van der Waals surface area contributed by atoms with E-state index in [0.717, 1.165) is 61.8 Å². The van der Waals surface area contributed by atoms with Gasteiger partial charge in [-0.1, -0.05) is 12.1 Å². The number of hydrogen-bond donors (Lipinski definition) is 2. The van der Waals surface area contributed by atoms with E-state index in [1.807, 2.05) is 24.6 Å². The summed E-state index contributed by atoms with van der Waals surface area (Å²) in [6, 6.07) is 12.3. The number of nitrogens with zero attached hydrogens (tertiary/aromatic N) is 4. The van der Waals surface area contributed by atoms with Crippen molar-refractivity contribution < 1.29 is 9.98 Å². The summed E-state index contributed by atoms with van der Waals surface area (Å²) >= 11 is 0. The molecule has 0 fully saturated rings. The standard InChI is InChI=1S/C22H32N6/c1-27(2)15-13-23-17-21-9-5-7-19(25-21)11-12-20-8-6-10-22(26-20)18-24-14-16-28(3)4/h5-10,17-18H,11-16H2,1-4H3/p+2. The number of hydrogen-bond acceptors (Lipinski definition) is 4. The number of nitrogens with one attached hydrogen (secondary N) is 2. The van der Waals surface area contributed by atoms with Gasteiger partial charge in [0.15, 0.2) is 25.5 Å². The summed E-state index contributed by atoms with van der Waals surface area (Å²) < 4.78 is 0. The monoisotopic (exact) mass is 382 g/mol. The summed E-state index contributed by atoms with van der Waals surface area (Å²) in [5.41, 5.74) is 4.11. The molecule has 0 saturated carbocycles. The van der Waals surface area contributed by atoms with Crippen molar-refractivity contribution >= 4 is 12.4 Å². The van der Waals surface area contributed by atoms with Gasteiger partial charge in [0.1, 0.15) is 11.4 Å². The number of rotatable bonds is 11. The van der Waals surface area contributed by atoms with Crippen molar-refractivity contribution in [1.29, 1.82) is 0 Å². The lowest BCUT2D eigenvalue weighted by Gasteiger charge is -2.03. The molecule has 0 aromatic carbocycles. The van der Waals surface area contributed by atoms with Crippen molar-refractivity contribution in [3.8, 4) is 0 Å². The Morgan fingerprint density at radius 3 is 1.54 bits per heavy atom. The maximum atomic E-state index is 4.72. The van der Waals surface area contributed by atoms with Gasteiger partial charge in [-0.15, -0.1) is 0 Å². The fourth-order valence-corrected chi connectivity index (χ4v) is 2.62. The third kappa shape index (κ3) is 8.97. The topological polar surface area (TPSA) is 60.2 Å². The lowest BCUT2D eigenvalue weighted by Crippen LogP contribution is -2.71. The second-order valence-corrected chi connectivity index (χ2v) is 7.41. The molecule has 0 amide bonds. The molecule has 2 aromatic heterocycles. The summed E-state index contributed by atoms with van der Waals surface area (Å²) in [6.45, 7) is 3.82. The van der Waals surface area contributed by atoms with Gasteiger partial charge in [-0.2, -0.15) is 0 Å². The van der Waals surface area contributed by atoms with Gasteiger partial charge in [-0.25, -0.2) is 20.0 Å². The average molecular weight is 383 g/mol. The van der Waals surface area contributed by atoms with Gasteiger partial charge < -0.3 is 9.80 Å². The van der Waals surface area contributed by atoms with Gasteiger partial charge >= 0.3 is 0 Å². The van der Waals surface area contributed by atoms with Crippen LogP contribution in [-0.2, 0) is 12.8 Å². The van der Waals surface area contributed by atoms with E-state index in [9.17, 15) is 0 Å². The number of aromatic nitrogens is 2. The Labute approximate surface area is 169 Å². The molecule has 0 saturated heterocycles. The second kappa shape index (κ2) is 12.1. The summed E-state index contributed by atoms with van der Waals surface area (Å²) in [6.07, 6.45) is 5.73. The van der Waals surface area contributed by atoms with Gasteiger partial charge in [-0.05, 0) is 65.3 Å². The van der Waals surface area contributed by atoms with Gasteiger partial charge in [0.2, 0.25) is 0 Å². The molecule has 0 atom stereocenters. The Balaban J connectivity index is 1.88. The minimum Gasteiger partial charge on any atom is -0.303 e. The third-order valence-electron chi connectivity index (χ3n) is 4.20. The molecule has 0 unspecified atom stereocenters. The Morgan fingerprint density at radius 2 is 1.14 bits per heavy atom. The molecule has 0 radical (unpaired) electrons. The van der Waals surface area contributed by atoms with Crippen LogP contribution >= 0.6 is 0 Å². The number of likely N-dealkylation sites (N-methyl/N-ethyl adjacent to an activating group) is 2. The van der Waals surface area contributed by atoms with Crippen LogP contribution in [0.25, 0.3) is 0 Å². The predicted molar refractivity (Wildman–Crippen MR) is 115 cm³/mol. The number of pyridine rings is 2. The zero-order valence-electron chi connectivity index (χ0n) is 17.7. The summed E-state index contributed by atoms with van der Waals surface area (Å²) in [4.78, 5) is 20.4. The summed E-state index contributed by atoms with van der Waals surface area (Å²) in [7, 11) is 8.28. The quantitative estimate of drug-likeness (QED) is 0.459. The lowest BCUT2D eigenvalue weighted by atomic mass is 10.1. The van der Waals surface area contributed by atoms with Crippen LogP contribution in [0.1, 0.15) is 22.8 Å². The molecular formula is C22H34N6+2. The van der Waals surface area contributed by atoms with Crippen molar-refractivity contribution in [2.24, 2.45) is 0 Å². The molecule has 0 aliphatic heterocycles. The first kappa shape index (κ1) is 21.9. The molecule has 6 heteroatoms. The molecule has 28 heavy (non-hydrogen) atoms.